The lowest BCUT2D eigenvalue weighted by Gasteiger charge is -2.14. The number of carbonyl (C=O) groups is 1. The van der Waals surface area contributed by atoms with Gasteiger partial charge in [-0.15, -0.1) is 0 Å². The molecule has 1 aromatic carbocycles. The highest BCUT2D eigenvalue weighted by atomic mass is 79.9. The predicted molar refractivity (Wildman–Crippen MR) is 96.2 cm³/mol. The minimum absolute atomic E-state index is 0.0135. The van der Waals surface area contributed by atoms with Crippen LogP contribution in [0.5, 0.6) is 0 Å². The van der Waals surface area contributed by atoms with Crippen LogP contribution >= 0.6 is 31.9 Å². The molecule has 0 saturated carbocycles. The highest BCUT2D eigenvalue weighted by Crippen LogP contribution is 2.17. The van der Waals surface area contributed by atoms with Crippen LogP contribution in [0.4, 0.5) is 0 Å². The summed E-state index contributed by atoms with van der Waals surface area (Å²) in [6.45, 7) is 1.87. The van der Waals surface area contributed by atoms with Gasteiger partial charge in [0.1, 0.15) is 16.2 Å². The van der Waals surface area contributed by atoms with Crippen LogP contribution in [-0.2, 0) is 4.79 Å². The molecule has 1 amide bonds. The zero-order valence-electron chi connectivity index (χ0n) is 12.3. The Morgan fingerprint density at radius 1 is 1.26 bits per heavy atom. The van der Waals surface area contributed by atoms with Crippen LogP contribution in [0.1, 0.15) is 24.2 Å². The molecule has 0 aliphatic carbocycles. The maximum absolute atomic E-state index is 12.3. The summed E-state index contributed by atoms with van der Waals surface area (Å²) < 4.78 is 1.62. The molecule has 116 valence electrons. The Hall–Kier alpha value is -1.97. The van der Waals surface area contributed by atoms with Crippen molar-refractivity contribution >= 4 is 43.8 Å². The van der Waals surface area contributed by atoms with Crippen LogP contribution in [0.3, 0.4) is 0 Å². The second-order valence-corrected chi connectivity index (χ2v) is 6.53. The number of aromatic nitrogens is 1. The van der Waals surface area contributed by atoms with Crippen molar-refractivity contribution in [1.29, 1.82) is 5.26 Å². The van der Waals surface area contributed by atoms with Crippen LogP contribution in [0.15, 0.2) is 57.1 Å². The topological polar surface area (TPSA) is 65.8 Å². The Morgan fingerprint density at radius 2 is 1.96 bits per heavy atom. The Balaban J connectivity index is 2.14. The van der Waals surface area contributed by atoms with E-state index < -0.39 is 5.91 Å². The zero-order valence-corrected chi connectivity index (χ0v) is 15.4. The average Bonchev–Trinajstić information content (AvgIpc) is 2.53. The number of nitriles is 1. The van der Waals surface area contributed by atoms with E-state index in [2.05, 4.69) is 42.2 Å². The van der Waals surface area contributed by atoms with Crippen molar-refractivity contribution in [2.75, 3.05) is 0 Å². The molecule has 0 saturated heterocycles. The Morgan fingerprint density at radius 3 is 2.57 bits per heavy atom. The van der Waals surface area contributed by atoms with Crippen molar-refractivity contribution in [1.82, 2.24) is 10.3 Å². The lowest BCUT2D eigenvalue weighted by atomic mass is 10.1. The van der Waals surface area contributed by atoms with E-state index in [0.29, 0.717) is 10.3 Å². The van der Waals surface area contributed by atoms with Gasteiger partial charge in [0.25, 0.3) is 5.91 Å². The molecular formula is C17H13Br2N3O. The molecule has 1 aromatic heterocycles. The third-order valence-corrected chi connectivity index (χ3v) is 4.08. The Bertz CT molecular complexity index is 779. The van der Waals surface area contributed by atoms with E-state index in [1.165, 1.54) is 6.08 Å². The molecule has 2 aromatic rings. The van der Waals surface area contributed by atoms with Gasteiger partial charge < -0.3 is 5.32 Å². The van der Waals surface area contributed by atoms with Gasteiger partial charge >= 0.3 is 0 Å². The van der Waals surface area contributed by atoms with Gasteiger partial charge in [-0.25, -0.2) is 4.98 Å². The fraction of sp³-hybridized carbons (Fsp3) is 0.118. The van der Waals surface area contributed by atoms with E-state index in [9.17, 15) is 10.1 Å². The molecule has 6 heteroatoms. The van der Waals surface area contributed by atoms with E-state index in [0.717, 1.165) is 10.0 Å². The summed E-state index contributed by atoms with van der Waals surface area (Å²) in [6, 6.07) is 14.7. The van der Waals surface area contributed by atoms with Gasteiger partial charge in [0.15, 0.2) is 0 Å². The number of hydrogen-bond acceptors (Lipinski definition) is 3. The fourth-order valence-corrected chi connectivity index (χ4v) is 2.53. The second kappa shape index (κ2) is 8.04. The molecule has 1 atom stereocenters. The predicted octanol–water partition coefficient (Wildman–Crippen LogP) is 4.39. The molecule has 0 aliphatic rings. The largest absolute Gasteiger partial charge is 0.345 e. The molecular weight excluding hydrogens is 422 g/mol. The zero-order chi connectivity index (χ0) is 16.8. The first-order valence-electron chi connectivity index (χ1n) is 6.80. The molecule has 1 N–H and O–H groups in total. The van der Waals surface area contributed by atoms with Crippen molar-refractivity contribution in [3.63, 3.8) is 0 Å². The van der Waals surface area contributed by atoms with Gasteiger partial charge in [0.05, 0.1) is 11.7 Å². The van der Waals surface area contributed by atoms with Crippen LogP contribution in [0.25, 0.3) is 6.08 Å². The summed E-state index contributed by atoms with van der Waals surface area (Å²) in [5.74, 6) is -0.426. The van der Waals surface area contributed by atoms with Gasteiger partial charge in [0.2, 0.25) is 0 Å². The highest BCUT2D eigenvalue weighted by Gasteiger charge is 2.14. The van der Waals surface area contributed by atoms with E-state index in [1.807, 2.05) is 37.3 Å². The Labute approximate surface area is 151 Å². The molecule has 0 aliphatic heterocycles. The van der Waals surface area contributed by atoms with Gasteiger partial charge in [-0.05, 0) is 58.8 Å². The first-order chi connectivity index (χ1) is 11.0. The number of rotatable bonds is 4. The summed E-state index contributed by atoms with van der Waals surface area (Å²) in [5, 5.41) is 12.0. The summed E-state index contributed by atoms with van der Waals surface area (Å²) in [6.07, 6.45) is 1.47. The lowest BCUT2D eigenvalue weighted by molar-refractivity contribution is -0.117. The molecule has 23 heavy (non-hydrogen) atoms. The number of amides is 1. The monoisotopic (exact) mass is 433 g/mol. The standard InChI is InChI=1S/C17H13Br2N3O/c1-11(12-5-7-14(18)8-6-12)21-17(23)13(10-20)9-15-3-2-4-16(19)22-15/h2-9,11H,1H3,(H,21,23)/t11-/m0/s1. The lowest BCUT2D eigenvalue weighted by Crippen LogP contribution is -2.27. The normalized spacial score (nSPS) is 12.3. The molecule has 0 radical (unpaired) electrons. The van der Waals surface area contributed by atoms with E-state index in [-0.39, 0.29) is 11.6 Å². The highest BCUT2D eigenvalue weighted by molar-refractivity contribution is 9.10. The fourth-order valence-electron chi connectivity index (χ4n) is 1.91. The smallest absolute Gasteiger partial charge is 0.262 e. The van der Waals surface area contributed by atoms with Gasteiger partial charge in [-0.3, -0.25) is 4.79 Å². The van der Waals surface area contributed by atoms with Crippen LogP contribution in [0, 0.1) is 11.3 Å². The number of hydrogen-bond donors (Lipinski definition) is 1. The summed E-state index contributed by atoms with van der Waals surface area (Å²) in [7, 11) is 0. The number of carbonyl (C=O) groups excluding carboxylic acids is 1. The van der Waals surface area contributed by atoms with Crippen molar-refractivity contribution in [3.05, 3.63) is 68.4 Å². The molecule has 0 fully saturated rings. The molecule has 0 unspecified atom stereocenters. The molecule has 0 spiro atoms. The SMILES string of the molecule is C[C@H](NC(=O)C(C#N)=Cc1cccc(Br)n1)c1ccc(Br)cc1. The molecule has 1 heterocycles. The minimum atomic E-state index is -0.426. The number of halogens is 2. The Kier molecular flexibility index (Phi) is 6.08. The van der Waals surface area contributed by atoms with Crippen LogP contribution in [-0.4, -0.2) is 10.9 Å². The van der Waals surface area contributed by atoms with Gasteiger partial charge in [0, 0.05) is 4.47 Å². The van der Waals surface area contributed by atoms with Crippen molar-refractivity contribution in [2.24, 2.45) is 0 Å². The average molecular weight is 435 g/mol. The summed E-state index contributed by atoms with van der Waals surface area (Å²) >= 11 is 6.63. The number of nitrogens with zero attached hydrogens (tertiary/aromatic N) is 2. The van der Waals surface area contributed by atoms with Crippen molar-refractivity contribution in [2.45, 2.75) is 13.0 Å². The van der Waals surface area contributed by atoms with Crippen molar-refractivity contribution in [3.8, 4) is 6.07 Å². The van der Waals surface area contributed by atoms with Gasteiger partial charge in [-0.1, -0.05) is 34.1 Å². The maximum Gasteiger partial charge on any atom is 0.262 e. The number of benzene rings is 1. The second-order valence-electron chi connectivity index (χ2n) is 4.80. The third-order valence-electron chi connectivity index (χ3n) is 3.11. The summed E-state index contributed by atoms with van der Waals surface area (Å²) in [5.41, 5.74) is 1.52. The van der Waals surface area contributed by atoms with Crippen LogP contribution in [0.2, 0.25) is 0 Å². The molecule has 4 nitrogen and oxygen atoms in total. The minimum Gasteiger partial charge on any atom is -0.345 e. The third kappa shape index (κ3) is 5.02. The molecule has 0 bridgehead atoms. The van der Waals surface area contributed by atoms with Crippen molar-refractivity contribution < 1.29 is 4.79 Å². The first-order valence-corrected chi connectivity index (χ1v) is 8.39. The van der Waals surface area contributed by atoms with Crippen LogP contribution < -0.4 is 5.32 Å². The van der Waals surface area contributed by atoms with Gasteiger partial charge in [-0.2, -0.15) is 5.26 Å². The number of pyridine rings is 1. The molecule has 2 rings (SSSR count). The number of nitrogens with one attached hydrogen (secondary N) is 1. The quantitative estimate of drug-likeness (QED) is 0.440. The maximum atomic E-state index is 12.3. The summed E-state index contributed by atoms with van der Waals surface area (Å²) in [4.78, 5) is 16.5. The van der Waals surface area contributed by atoms with E-state index in [1.54, 1.807) is 18.2 Å². The van der Waals surface area contributed by atoms with E-state index in [4.69, 9.17) is 0 Å². The first kappa shape index (κ1) is 17.4. The van der Waals surface area contributed by atoms with E-state index >= 15 is 0 Å².